The Morgan fingerprint density at radius 3 is 3.00 bits per heavy atom. The largest absolute Gasteiger partial charge is 0.330 e. The van der Waals surface area contributed by atoms with Gasteiger partial charge in [0.1, 0.15) is 0 Å². The van der Waals surface area contributed by atoms with Gasteiger partial charge in [-0.1, -0.05) is 0 Å². The third kappa shape index (κ3) is 1.69. The molecular weight excluding hydrogens is 126 g/mol. The Balaban J connectivity index is 2.23. The Labute approximate surface area is 61.4 Å². The van der Waals surface area contributed by atoms with Crippen LogP contribution in [0.1, 0.15) is 6.42 Å². The van der Waals surface area contributed by atoms with E-state index in [9.17, 15) is 0 Å². The van der Waals surface area contributed by atoms with Gasteiger partial charge in [0.15, 0.2) is 0 Å². The molecule has 56 valence electrons. The lowest BCUT2D eigenvalue weighted by atomic mass is 10.1. The van der Waals surface area contributed by atoms with Crippen LogP contribution in [0.2, 0.25) is 0 Å². The number of likely N-dealkylation sites (tertiary alicyclic amines) is 1. The van der Waals surface area contributed by atoms with Crippen LogP contribution in [0, 0.1) is 17.2 Å². The smallest absolute Gasteiger partial charge is 0.0866 e. The van der Waals surface area contributed by atoms with Gasteiger partial charge < -0.3 is 5.73 Å². The number of hydrogen-bond acceptors (Lipinski definition) is 3. The highest BCUT2D eigenvalue weighted by atomic mass is 15.1. The molecule has 1 aliphatic rings. The van der Waals surface area contributed by atoms with E-state index >= 15 is 0 Å². The summed E-state index contributed by atoms with van der Waals surface area (Å²) in [4.78, 5) is 2.15. The van der Waals surface area contributed by atoms with Crippen molar-refractivity contribution < 1.29 is 0 Å². The molecule has 0 aromatic rings. The van der Waals surface area contributed by atoms with Crippen molar-refractivity contribution in [1.29, 1.82) is 5.26 Å². The summed E-state index contributed by atoms with van der Waals surface area (Å²) in [7, 11) is 0. The predicted molar refractivity (Wildman–Crippen MR) is 39.2 cm³/mol. The van der Waals surface area contributed by atoms with E-state index in [1.54, 1.807) is 0 Å². The van der Waals surface area contributed by atoms with Crippen LogP contribution < -0.4 is 5.73 Å². The van der Waals surface area contributed by atoms with Gasteiger partial charge >= 0.3 is 0 Å². The van der Waals surface area contributed by atoms with Gasteiger partial charge in [-0.15, -0.1) is 0 Å². The number of nitrogens with zero attached hydrogens (tertiary/aromatic N) is 2. The minimum absolute atomic E-state index is 0.566. The number of nitriles is 1. The summed E-state index contributed by atoms with van der Waals surface area (Å²) < 4.78 is 0. The average Bonchev–Trinajstić information content (AvgIpc) is 2.37. The van der Waals surface area contributed by atoms with Crippen molar-refractivity contribution in [1.82, 2.24) is 4.90 Å². The van der Waals surface area contributed by atoms with Crippen molar-refractivity contribution in [3.8, 4) is 6.07 Å². The Morgan fingerprint density at radius 1 is 1.70 bits per heavy atom. The molecule has 0 saturated carbocycles. The van der Waals surface area contributed by atoms with Crippen LogP contribution in [0.25, 0.3) is 0 Å². The minimum atomic E-state index is 0.566. The summed E-state index contributed by atoms with van der Waals surface area (Å²) in [6.45, 7) is 3.40. The molecule has 1 aliphatic heterocycles. The molecule has 1 unspecified atom stereocenters. The second-order valence-electron chi connectivity index (χ2n) is 2.78. The fraction of sp³-hybridized carbons (Fsp3) is 0.857. The fourth-order valence-corrected chi connectivity index (χ4v) is 1.35. The zero-order valence-electron chi connectivity index (χ0n) is 6.08. The van der Waals surface area contributed by atoms with Crippen molar-refractivity contribution in [2.24, 2.45) is 11.7 Å². The molecule has 0 aliphatic carbocycles. The van der Waals surface area contributed by atoms with E-state index in [2.05, 4.69) is 11.0 Å². The fourth-order valence-electron chi connectivity index (χ4n) is 1.35. The molecule has 2 N–H and O–H groups in total. The molecule has 0 amide bonds. The summed E-state index contributed by atoms with van der Waals surface area (Å²) in [6, 6.07) is 2.14. The standard InChI is InChI=1S/C7H13N3/c8-2-4-10-3-1-7(5-9)6-10/h7H,1,3-6,9H2. The molecule has 0 spiro atoms. The van der Waals surface area contributed by atoms with Crippen LogP contribution in [-0.4, -0.2) is 31.1 Å². The lowest BCUT2D eigenvalue weighted by Crippen LogP contribution is -2.23. The van der Waals surface area contributed by atoms with Crippen molar-refractivity contribution in [2.75, 3.05) is 26.2 Å². The molecule has 0 bridgehead atoms. The first-order valence-corrected chi connectivity index (χ1v) is 3.66. The molecule has 3 nitrogen and oxygen atoms in total. The first kappa shape index (κ1) is 7.52. The molecule has 0 radical (unpaired) electrons. The molecule has 10 heavy (non-hydrogen) atoms. The molecule has 1 atom stereocenters. The van der Waals surface area contributed by atoms with Crippen molar-refractivity contribution >= 4 is 0 Å². The third-order valence-corrected chi connectivity index (χ3v) is 2.00. The zero-order chi connectivity index (χ0) is 7.40. The van der Waals surface area contributed by atoms with E-state index in [0.717, 1.165) is 26.1 Å². The summed E-state index contributed by atoms with van der Waals surface area (Å²) in [5.41, 5.74) is 5.48. The Morgan fingerprint density at radius 2 is 2.50 bits per heavy atom. The van der Waals surface area contributed by atoms with E-state index in [-0.39, 0.29) is 0 Å². The number of nitrogens with two attached hydrogens (primary N) is 1. The molecule has 1 rings (SSSR count). The van der Waals surface area contributed by atoms with Gasteiger partial charge in [-0.2, -0.15) is 5.26 Å². The van der Waals surface area contributed by atoms with Crippen LogP contribution in [0.15, 0.2) is 0 Å². The van der Waals surface area contributed by atoms with E-state index in [1.807, 2.05) is 0 Å². The maximum absolute atomic E-state index is 8.36. The second kappa shape index (κ2) is 3.55. The monoisotopic (exact) mass is 139 g/mol. The first-order chi connectivity index (χ1) is 4.86. The normalized spacial score (nSPS) is 26.6. The van der Waals surface area contributed by atoms with Gasteiger partial charge in [0.2, 0.25) is 0 Å². The van der Waals surface area contributed by atoms with Gasteiger partial charge in [-0.3, -0.25) is 4.90 Å². The van der Waals surface area contributed by atoms with Gasteiger partial charge in [0.25, 0.3) is 0 Å². The van der Waals surface area contributed by atoms with E-state index in [4.69, 9.17) is 11.0 Å². The van der Waals surface area contributed by atoms with Gasteiger partial charge in [-0.25, -0.2) is 0 Å². The van der Waals surface area contributed by atoms with Gasteiger partial charge in [-0.05, 0) is 25.4 Å². The molecule has 1 saturated heterocycles. The van der Waals surface area contributed by atoms with Crippen LogP contribution in [0.5, 0.6) is 0 Å². The van der Waals surface area contributed by atoms with Crippen LogP contribution in [0.3, 0.4) is 0 Å². The van der Waals surface area contributed by atoms with Crippen molar-refractivity contribution in [3.63, 3.8) is 0 Å². The average molecular weight is 139 g/mol. The van der Waals surface area contributed by atoms with Crippen molar-refractivity contribution in [3.05, 3.63) is 0 Å². The van der Waals surface area contributed by atoms with Crippen molar-refractivity contribution in [2.45, 2.75) is 6.42 Å². The number of hydrogen-bond donors (Lipinski definition) is 1. The van der Waals surface area contributed by atoms with Crippen LogP contribution in [0.4, 0.5) is 0 Å². The Bertz CT molecular complexity index is 138. The Hall–Kier alpha value is -0.590. The van der Waals surface area contributed by atoms with Gasteiger partial charge in [0.05, 0.1) is 12.6 Å². The minimum Gasteiger partial charge on any atom is -0.330 e. The molecule has 1 heterocycles. The van der Waals surface area contributed by atoms with Crippen LogP contribution >= 0.6 is 0 Å². The lowest BCUT2D eigenvalue weighted by Gasteiger charge is -2.09. The quantitative estimate of drug-likeness (QED) is 0.539. The summed E-state index contributed by atoms with van der Waals surface area (Å²) in [6.07, 6.45) is 1.16. The summed E-state index contributed by atoms with van der Waals surface area (Å²) >= 11 is 0. The molecule has 0 aromatic carbocycles. The Kier molecular flexibility index (Phi) is 2.67. The van der Waals surface area contributed by atoms with E-state index < -0.39 is 0 Å². The third-order valence-electron chi connectivity index (χ3n) is 2.00. The molecular formula is C7H13N3. The highest BCUT2D eigenvalue weighted by molar-refractivity contribution is 4.83. The van der Waals surface area contributed by atoms with E-state index in [1.165, 1.54) is 0 Å². The highest BCUT2D eigenvalue weighted by Crippen LogP contribution is 2.13. The number of rotatable bonds is 2. The predicted octanol–water partition coefficient (Wildman–Crippen LogP) is -0.209. The molecule has 3 heteroatoms. The second-order valence-corrected chi connectivity index (χ2v) is 2.78. The zero-order valence-corrected chi connectivity index (χ0v) is 6.08. The molecule has 0 aromatic heterocycles. The maximum Gasteiger partial charge on any atom is 0.0866 e. The lowest BCUT2D eigenvalue weighted by molar-refractivity contribution is 0.364. The SMILES string of the molecule is N#CCN1CCC(CN)C1. The van der Waals surface area contributed by atoms with Crippen LogP contribution in [-0.2, 0) is 0 Å². The molecule has 1 fully saturated rings. The first-order valence-electron chi connectivity index (χ1n) is 3.66. The topological polar surface area (TPSA) is 53.0 Å². The summed E-state index contributed by atoms with van der Waals surface area (Å²) in [5.74, 6) is 0.633. The maximum atomic E-state index is 8.36. The van der Waals surface area contributed by atoms with Gasteiger partial charge in [0, 0.05) is 6.54 Å². The van der Waals surface area contributed by atoms with E-state index in [0.29, 0.717) is 12.5 Å². The highest BCUT2D eigenvalue weighted by Gasteiger charge is 2.19. The summed E-state index contributed by atoms with van der Waals surface area (Å²) in [5, 5.41) is 8.36.